The van der Waals surface area contributed by atoms with Gasteiger partial charge in [0.25, 0.3) is 5.91 Å². The van der Waals surface area contributed by atoms with Crippen LogP contribution < -0.4 is 4.74 Å². The average molecular weight is 317 g/mol. The van der Waals surface area contributed by atoms with Crippen molar-refractivity contribution in [2.45, 2.75) is 33.1 Å². The van der Waals surface area contributed by atoms with Crippen LogP contribution in [0.2, 0.25) is 0 Å². The van der Waals surface area contributed by atoms with E-state index in [4.69, 9.17) is 4.74 Å². The molecule has 0 aromatic heterocycles. The Balaban J connectivity index is 1.63. The Morgan fingerprint density at radius 2 is 2.17 bits per heavy atom. The van der Waals surface area contributed by atoms with Crippen LogP contribution in [0, 0.1) is 25.2 Å². The van der Waals surface area contributed by atoms with Crippen molar-refractivity contribution in [3.8, 4) is 5.75 Å². The van der Waals surface area contributed by atoms with Crippen molar-refractivity contribution >= 4 is 11.9 Å². The summed E-state index contributed by atoms with van der Waals surface area (Å²) in [4.78, 5) is 25.7. The number of aryl methyl sites for hydroxylation is 2. The molecule has 1 saturated carbocycles. The fraction of sp³-hybridized carbons (Fsp3) is 0.556. The molecule has 0 unspecified atom stereocenters. The van der Waals surface area contributed by atoms with Crippen LogP contribution in [0.4, 0.5) is 0 Å². The van der Waals surface area contributed by atoms with E-state index >= 15 is 0 Å². The minimum atomic E-state index is -0.759. The molecule has 124 valence electrons. The predicted molar refractivity (Wildman–Crippen MR) is 85.4 cm³/mol. The lowest BCUT2D eigenvalue weighted by Crippen LogP contribution is -2.38. The molecular formula is C18H23NO4. The zero-order valence-corrected chi connectivity index (χ0v) is 13.7. The zero-order valence-electron chi connectivity index (χ0n) is 13.7. The third kappa shape index (κ3) is 2.80. The number of carboxylic acid groups (broad SMARTS) is 1. The molecule has 23 heavy (non-hydrogen) atoms. The summed E-state index contributed by atoms with van der Waals surface area (Å²) in [6, 6.07) is 5.83. The van der Waals surface area contributed by atoms with Gasteiger partial charge in [0.2, 0.25) is 0 Å². The third-order valence-electron chi connectivity index (χ3n) is 5.33. The van der Waals surface area contributed by atoms with Crippen molar-refractivity contribution in [3.63, 3.8) is 0 Å². The normalized spacial score (nSPS) is 26.2. The summed E-state index contributed by atoms with van der Waals surface area (Å²) in [5.41, 5.74) is 1.42. The number of hydrogen-bond acceptors (Lipinski definition) is 3. The lowest BCUT2D eigenvalue weighted by molar-refractivity contribution is -0.149. The average Bonchev–Trinajstić information content (AvgIpc) is 3.04. The quantitative estimate of drug-likeness (QED) is 0.926. The Hall–Kier alpha value is -2.04. The molecule has 1 aromatic carbocycles. The number of rotatable bonds is 4. The number of benzene rings is 1. The number of amides is 1. The second-order valence-electron chi connectivity index (χ2n) is 6.88. The molecule has 0 radical (unpaired) electrons. The van der Waals surface area contributed by atoms with Crippen LogP contribution >= 0.6 is 0 Å². The molecule has 1 N–H and O–H groups in total. The summed E-state index contributed by atoms with van der Waals surface area (Å²) >= 11 is 0. The van der Waals surface area contributed by atoms with E-state index < -0.39 is 11.4 Å². The number of ether oxygens (including phenoxy) is 1. The molecule has 3 rings (SSSR count). The smallest absolute Gasteiger partial charge is 0.311 e. The molecule has 1 aliphatic heterocycles. The molecule has 2 fully saturated rings. The number of hydrogen-bond donors (Lipinski definition) is 1. The molecule has 0 bridgehead atoms. The molecule has 1 aliphatic carbocycles. The van der Waals surface area contributed by atoms with E-state index in [-0.39, 0.29) is 18.4 Å². The van der Waals surface area contributed by atoms with Gasteiger partial charge in [-0.05, 0) is 44.2 Å². The van der Waals surface area contributed by atoms with Crippen molar-refractivity contribution in [3.05, 3.63) is 29.3 Å². The van der Waals surface area contributed by atoms with Crippen molar-refractivity contribution in [2.75, 3.05) is 19.7 Å². The summed E-state index contributed by atoms with van der Waals surface area (Å²) in [5, 5.41) is 9.57. The minimum Gasteiger partial charge on any atom is -0.484 e. The topological polar surface area (TPSA) is 66.8 Å². The number of aliphatic carboxylic acids is 1. The first-order valence-corrected chi connectivity index (χ1v) is 8.13. The maximum atomic E-state index is 12.4. The molecule has 5 heteroatoms. The van der Waals surface area contributed by atoms with E-state index in [0.717, 1.165) is 24.0 Å². The number of carboxylic acids is 1. The molecule has 1 amide bonds. The first-order valence-electron chi connectivity index (χ1n) is 8.13. The standard InChI is InChI=1S/C18H23NO4/c1-12-5-6-15(13(2)8-12)23-10-16(20)19-9-14-4-3-7-18(14,11-19)17(21)22/h5-6,8,14H,3-4,7,9-11H2,1-2H3,(H,21,22)/t14-,18+/m0/s1. The van der Waals surface area contributed by atoms with Gasteiger partial charge >= 0.3 is 5.97 Å². The Labute approximate surface area is 136 Å². The SMILES string of the molecule is Cc1ccc(OCC(=O)N2C[C@@H]3CCC[C@@]3(C(=O)O)C2)c(C)c1. The third-order valence-corrected chi connectivity index (χ3v) is 5.33. The minimum absolute atomic E-state index is 0.0354. The Morgan fingerprint density at radius 3 is 2.83 bits per heavy atom. The summed E-state index contributed by atoms with van der Waals surface area (Å²) < 4.78 is 5.64. The van der Waals surface area contributed by atoms with Crippen LogP contribution in [0.15, 0.2) is 18.2 Å². The highest BCUT2D eigenvalue weighted by Crippen LogP contribution is 2.48. The fourth-order valence-corrected chi connectivity index (χ4v) is 4.02. The highest BCUT2D eigenvalue weighted by atomic mass is 16.5. The maximum absolute atomic E-state index is 12.4. The first kappa shape index (κ1) is 15.8. The van der Waals surface area contributed by atoms with Crippen molar-refractivity contribution < 1.29 is 19.4 Å². The first-order chi connectivity index (χ1) is 10.9. The van der Waals surface area contributed by atoms with Crippen LogP contribution in [-0.2, 0) is 9.59 Å². The van der Waals surface area contributed by atoms with E-state index in [9.17, 15) is 14.7 Å². The lowest BCUT2D eigenvalue weighted by atomic mass is 9.81. The van der Waals surface area contributed by atoms with Crippen molar-refractivity contribution in [2.24, 2.45) is 11.3 Å². The van der Waals surface area contributed by atoms with Gasteiger partial charge in [0.1, 0.15) is 5.75 Å². The van der Waals surface area contributed by atoms with Crippen LogP contribution in [0.5, 0.6) is 5.75 Å². The predicted octanol–water partition coefficient (Wildman–Crippen LogP) is 2.40. The van der Waals surface area contributed by atoms with Crippen LogP contribution in [-0.4, -0.2) is 41.6 Å². The molecule has 2 aliphatic rings. The number of likely N-dealkylation sites (tertiary alicyclic amines) is 1. The molecular weight excluding hydrogens is 294 g/mol. The fourth-order valence-electron chi connectivity index (χ4n) is 4.02. The van der Waals surface area contributed by atoms with Crippen molar-refractivity contribution in [1.82, 2.24) is 4.90 Å². The maximum Gasteiger partial charge on any atom is 0.311 e. The second kappa shape index (κ2) is 5.87. The Kier molecular flexibility index (Phi) is 4.04. The summed E-state index contributed by atoms with van der Waals surface area (Å²) in [5.74, 6) is -0.0908. The highest BCUT2D eigenvalue weighted by molar-refractivity contribution is 5.82. The van der Waals surface area contributed by atoms with Gasteiger partial charge in [-0.25, -0.2) is 0 Å². The largest absolute Gasteiger partial charge is 0.484 e. The molecule has 5 nitrogen and oxygen atoms in total. The highest BCUT2D eigenvalue weighted by Gasteiger charge is 2.55. The van der Waals surface area contributed by atoms with Gasteiger partial charge in [-0.15, -0.1) is 0 Å². The van der Waals surface area contributed by atoms with Gasteiger partial charge in [0.05, 0.1) is 5.41 Å². The molecule has 1 heterocycles. The Bertz CT molecular complexity index is 642. The van der Waals surface area contributed by atoms with Crippen LogP contribution in [0.3, 0.4) is 0 Å². The monoisotopic (exact) mass is 317 g/mol. The van der Waals surface area contributed by atoms with E-state index in [1.165, 1.54) is 0 Å². The summed E-state index contributed by atoms with van der Waals surface area (Å²) in [7, 11) is 0. The van der Waals surface area contributed by atoms with Gasteiger partial charge in [-0.1, -0.05) is 24.1 Å². The number of carbonyl (C=O) groups excluding carboxylic acids is 1. The van der Waals surface area contributed by atoms with Gasteiger partial charge in [0.15, 0.2) is 6.61 Å². The molecule has 0 spiro atoms. The lowest BCUT2D eigenvalue weighted by Gasteiger charge is -2.23. The number of fused-ring (bicyclic) bond motifs is 1. The van der Waals surface area contributed by atoms with Gasteiger partial charge in [-0.2, -0.15) is 0 Å². The molecule has 2 atom stereocenters. The zero-order chi connectivity index (χ0) is 16.6. The van der Waals surface area contributed by atoms with Crippen molar-refractivity contribution in [1.29, 1.82) is 0 Å². The number of nitrogens with zero attached hydrogens (tertiary/aromatic N) is 1. The van der Waals surface area contributed by atoms with Crippen LogP contribution in [0.1, 0.15) is 30.4 Å². The summed E-state index contributed by atoms with van der Waals surface area (Å²) in [6.07, 6.45) is 2.51. The van der Waals surface area contributed by atoms with E-state index in [1.54, 1.807) is 4.90 Å². The van der Waals surface area contributed by atoms with Gasteiger partial charge in [0, 0.05) is 13.1 Å². The van der Waals surface area contributed by atoms with E-state index in [1.807, 2.05) is 32.0 Å². The van der Waals surface area contributed by atoms with Gasteiger partial charge in [-0.3, -0.25) is 9.59 Å². The Morgan fingerprint density at radius 1 is 1.39 bits per heavy atom. The van der Waals surface area contributed by atoms with E-state index in [2.05, 4.69) is 0 Å². The summed E-state index contributed by atoms with van der Waals surface area (Å²) in [6.45, 7) is 4.79. The van der Waals surface area contributed by atoms with Crippen LogP contribution in [0.25, 0.3) is 0 Å². The molecule has 1 aromatic rings. The van der Waals surface area contributed by atoms with E-state index in [0.29, 0.717) is 25.3 Å². The molecule has 1 saturated heterocycles. The second-order valence-corrected chi connectivity index (χ2v) is 6.88. The number of carbonyl (C=O) groups is 2. The van der Waals surface area contributed by atoms with Gasteiger partial charge < -0.3 is 14.7 Å².